The number of hydrogen-bond donors (Lipinski definition) is 0. The van der Waals surface area contributed by atoms with E-state index in [0.717, 1.165) is 35.5 Å². The Labute approximate surface area is 99.8 Å². The Hall–Kier alpha value is -0.520. The first-order chi connectivity index (χ1) is 7.76. The van der Waals surface area contributed by atoms with Gasteiger partial charge in [0.2, 0.25) is 0 Å². The molecule has 0 nitrogen and oxygen atoms in total. The lowest BCUT2D eigenvalue weighted by atomic mass is 9.74. The van der Waals surface area contributed by atoms with Gasteiger partial charge in [-0.15, -0.1) is 0 Å². The second kappa shape index (κ2) is 3.75. The molecule has 0 saturated heterocycles. The Morgan fingerprint density at radius 1 is 1.12 bits per heavy atom. The molecule has 6 unspecified atom stereocenters. The second-order valence-corrected chi connectivity index (χ2v) is 6.23. The molecular formula is C16H24. The summed E-state index contributed by atoms with van der Waals surface area (Å²) in [6.45, 7) is 6.92. The zero-order valence-electron chi connectivity index (χ0n) is 10.8. The highest BCUT2D eigenvalue weighted by Crippen LogP contribution is 2.64. The predicted molar refractivity (Wildman–Crippen MR) is 69.0 cm³/mol. The lowest BCUT2D eigenvalue weighted by molar-refractivity contribution is 0.241. The van der Waals surface area contributed by atoms with Crippen LogP contribution in [0.3, 0.4) is 0 Å². The highest BCUT2D eigenvalue weighted by molar-refractivity contribution is 5.24. The van der Waals surface area contributed by atoms with Crippen molar-refractivity contribution < 1.29 is 0 Å². The van der Waals surface area contributed by atoms with E-state index in [2.05, 4.69) is 39.0 Å². The first-order valence-corrected chi connectivity index (χ1v) is 7.04. The first kappa shape index (κ1) is 10.6. The van der Waals surface area contributed by atoms with Gasteiger partial charge in [0, 0.05) is 0 Å². The summed E-state index contributed by atoms with van der Waals surface area (Å²) in [5.74, 6) is 5.89. The van der Waals surface area contributed by atoms with Gasteiger partial charge in [0.1, 0.15) is 0 Å². The summed E-state index contributed by atoms with van der Waals surface area (Å²) in [6, 6.07) is 0. The van der Waals surface area contributed by atoms with Gasteiger partial charge in [-0.05, 0) is 68.6 Å². The van der Waals surface area contributed by atoms with E-state index < -0.39 is 0 Å². The van der Waals surface area contributed by atoms with E-state index in [0.29, 0.717) is 0 Å². The summed E-state index contributed by atoms with van der Waals surface area (Å²) in [4.78, 5) is 0. The molecule has 3 saturated carbocycles. The van der Waals surface area contributed by atoms with Crippen LogP contribution in [-0.4, -0.2) is 0 Å². The van der Waals surface area contributed by atoms with E-state index in [9.17, 15) is 0 Å². The molecule has 3 aliphatic carbocycles. The molecule has 0 heterocycles. The topological polar surface area (TPSA) is 0 Å². The van der Waals surface area contributed by atoms with Gasteiger partial charge in [-0.2, -0.15) is 0 Å². The maximum absolute atomic E-state index is 2.50. The summed E-state index contributed by atoms with van der Waals surface area (Å²) in [6.07, 6.45) is 11.6. The van der Waals surface area contributed by atoms with Gasteiger partial charge in [0.05, 0.1) is 0 Å². The molecule has 2 bridgehead atoms. The van der Waals surface area contributed by atoms with E-state index in [4.69, 9.17) is 0 Å². The molecule has 3 aliphatic rings. The zero-order valence-corrected chi connectivity index (χ0v) is 10.8. The van der Waals surface area contributed by atoms with E-state index in [-0.39, 0.29) is 0 Å². The van der Waals surface area contributed by atoms with Crippen molar-refractivity contribution >= 4 is 0 Å². The predicted octanol–water partition coefficient (Wildman–Crippen LogP) is 4.44. The fourth-order valence-corrected chi connectivity index (χ4v) is 5.25. The van der Waals surface area contributed by atoms with Gasteiger partial charge in [-0.25, -0.2) is 0 Å². The smallest absolute Gasteiger partial charge is 0.0164 e. The van der Waals surface area contributed by atoms with Crippen LogP contribution in [0.4, 0.5) is 0 Å². The summed E-state index contributed by atoms with van der Waals surface area (Å²) >= 11 is 0. The van der Waals surface area contributed by atoms with Crippen molar-refractivity contribution in [3.8, 4) is 0 Å². The molecule has 0 aliphatic heterocycles. The van der Waals surface area contributed by atoms with Gasteiger partial charge in [-0.1, -0.05) is 30.7 Å². The molecule has 0 heteroatoms. The van der Waals surface area contributed by atoms with Crippen LogP contribution in [0.1, 0.15) is 40.0 Å². The Kier molecular flexibility index (Phi) is 2.49. The standard InChI is InChI=1S/C16H24/c1-4-6-12-7-10(3)15-13-8-11(5-2)14(9-13)16(12)15/h4-6,10,12-16H,7-9H2,1-3H3/b6-4+,11-5-. The van der Waals surface area contributed by atoms with E-state index in [1.165, 1.54) is 19.3 Å². The van der Waals surface area contributed by atoms with E-state index in [1.807, 2.05) is 0 Å². The fourth-order valence-electron chi connectivity index (χ4n) is 5.25. The van der Waals surface area contributed by atoms with Crippen LogP contribution >= 0.6 is 0 Å². The Morgan fingerprint density at radius 3 is 2.62 bits per heavy atom. The minimum absolute atomic E-state index is 0.884. The maximum Gasteiger partial charge on any atom is -0.0164 e. The van der Waals surface area contributed by atoms with Crippen molar-refractivity contribution in [1.29, 1.82) is 0 Å². The van der Waals surface area contributed by atoms with Crippen LogP contribution < -0.4 is 0 Å². The maximum atomic E-state index is 2.50. The van der Waals surface area contributed by atoms with Crippen LogP contribution in [0.25, 0.3) is 0 Å². The lowest BCUT2D eigenvalue weighted by Gasteiger charge is -2.31. The molecule has 6 atom stereocenters. The molecule has 0 aromatic carbocycles. The molecule has 0 spiro atoms. The Morgan fingerprint density at radius 2 is 1.94 bits per heavy atom. The SMILES string of the molecule is C/C=C1/CC2CC1C1C(/C=C/C)CC(C)C21. The minimum Gasteiger partial charge on any atom is -0.0914 e. The van der Waals surface area contributed by atoms with Crippen LogP contribution in [-0.2, 0) is 0 Å². The molecule has 16 heavy (non-hydrogen) atoms. The van der Waals surface area contributed by atoms with Crippen LogP contribution in [0.15, 0.2) is 23.8 Å². The largest absolute Gasteiger partial charge is 0.0914 e. The van der Waals surface area contributed by atoms with Crippen LogP contribution in [0, 0.1) is 35.5 Å². The molecule has 0 aromatic rings. The van der Waals surface area contributed by atoms with Crippen molar-refractivity contribution in [2.75, 3.05) is 0 Å². The third-order valence-electron chi connectivity index (χ3n) is 5.59. The Bertz CT molecular complexity index is 336. The van der Waals surface area contributed by atoms with E-state index in [1.54, 1.807) is 5.57 Å². The second-order valence-electron chi connectivity index (χ2n) is 6.23. The van der Waals surface area contributed by atoms with Crippen molar-refractivity contribution in [2.45, 2.75) is 40.0 Å². The molecule has 0 aromatic heterocycles. The number of hydrogen-bond acceptors (Lipinski definition) is 0. The third-order valence-corrected chi connectivity index (χ3v) is 5.59. The molecular weight excluding hydrogens is 192 g/mol. The molecule has 0 amide bonds. The Balaban J connectivity index is 1.91. The average Bonchev–Trinajstić information content (AvgIpc) is 2.91. The van der Waals surface area contributed by atoms with Gasteiger partial charge in [0.15, 0.2) is 0 Å². The van der Waals surface area contributed by atoms with Crippen molar-refractivity contribution in [3.05, 3.63) is 23.8 Å². The monoisotopic (exact) mass is 216 g/mol. The summed E-state index contributed by atoms with van der Waals surface area (Å²) in [5.41, 5.74) is 1.79. The summed E-state index contributed by atoms with van der Waals surface area (Å²) < 4.78 is 0. The summed E-state index contributed by atoms with van der Waals surface area (Å²) in [7, 11) is 0. The third kappa shape index (κ3) is 1.28. The lowest BCUT2D eigenvalue weighted by Crippen LogP contribution is -2.24. The average molecular weight is 216 g/mol. The fraction of sp³-hybridized carbons (Fsp3) is 0.750. The number of fused-ring (bicyclic) bond motifs is 5. The van der Waals surface area contributed by atoms with Gasteiger partial charge in [-0.3, -0.25) is 0 Å². The van der Waals surface area contributed by atoms with Gasteiger partial charge < -0.3 is 0 Å². The van der Waals surface area contributed by atoms with Gasteiger partial charge in [0.25, 0.3) is 0 Å². The highest BCUT2D eigenvalue weighted by atomic mass is 14.6. The molecule has 3 rings (SSSR count). The number of allylic oxidation sites excluding steroid dienone is 4. The van der Waals surface area contributed by atoms with Crippen molar-refractivity contribution in [3.63, 3.8) is 0 Å². The van der Waals surface area contributed by atoms with Gasteiger partial charge >= 0.3 is 0 Å². The molecule has 88 valence electrons. The zero-order chi connectivity index (χ0) is 11.3. The summed E-state index contributed by atoms with van der Waals surface area (Å²) in [5, 5.41) is 0. The van der Waals surface area contributed by atoms with E-state index >= 15 is 0 Å². The molecule has 0 radical (unpaired) electrons. The van der Waals surface area contributed by atoms with Crippen LogP contribution in [0.5, 0.6) is 0 Å². The quantitative estimate of drug-likeness (QED) is 0.569. The molecule has 3 fully saturated rings. The normalized spacial score (nSPS) is 53.1. The minimum atomic E-state index is 0.884. The molecule has 0 N–H and O–H groups in total. The van der Waals surface area contributed by atoms with Crippen molar-refractivity contribution in [1.82, 2.24) is 0 Å². The number of rotatable bonds is 1. The highest BCUT2D eigenvalue weighted by Gasteiger charge is 2.56. The van der Waals surface area contributed by atoms with Crippen LogP contribution in [0.2, 0.25) is 0 Å². The first-order valence-electron chi connectivity index (χ1n) is 7.04. The van der Waals surface area contributed by atoms with Crippen molar-refractivity contribution in [2.24, 2.45) is 35.5 Å².